The topological polar surface area (TPSA) is 78.9 Å². The molecule has 0 N–H and O–H groups in total. The van der Waals surface area contributed by atoms with Crippen LogP contribution >= 0.6 is 23.4 Å². The lowest BCUT2D eigenvalue weighted by atomic mass is 10.2. The summed E-state index contributed by atoms with van der Waals surface area (Å²) in [7, 11) is 0. The Balaban J connectivity index is 1.70. The third kappa shape index (κ3) is 4.49. The minimum Gasteiger partial charge on any atom is -0.494 e. The largest absolute Gasteiger partial charge is 0.494 e. The Hall–Kier alpha value is -2.84. The molecule has 0 radical (unpaired) electrons. The van der Waals surface area contributed by atoms with E-state index in [2.05, 4.69) is 20.3 Å². The van der Waals surface area contributed by atoms with Gasteiger partial charge in [0.2, 0.25) is 5.89 Å². The molecule has 154 valence electrons. The quantitative estimate of drug-likeness (QED) is 0.346. The zero-order valence-electron chi connectivity index (χ0n) is 16.6. The minimum atomic E-state index is 0.498. The molecule has 2 aromatic heterocycles. The molecule has 0 aliphatic carbocycles. The van der Waals surface area contributed by atoms with E-state index in [1.165, 1.54) is 11.8 Å². The van der Waals surface area contributed by atoms with Crippen LogP contribution in [-0.4, -0.2) is 31.5 Å². The van der Waals surface area contributed by atoms with Crippen molar-refractivity contribution >= 4 is 23.4 Å². The van der Waals surface area contributed by atoms with Crippen LogP contribution in [0.15, 0.2) is 58.2 Å². The Labute approximate surface area is 183 Å². The Morgan fingerprint density at radius 3 is 2.63 bits per heavy atom. The van der Waals surface area contributed by atoms with Gasteiger partial charge in [0.15, 0.2) is 16.8 Å². The fourth-order valence-corrected chi connectivity index (χ4v) is 3.87. The molecule has 2 aromatic carbocycles. The lowest BCUT2D eigenvalue weighted by Crippen LogP contribution is -2.00. The van der Waals surface area contributed by atoms with Gasteiger partial charge < -0.3 is 9.26 Å². The van der Waals surface area contributed by atoms with Crippen molar-refractivity contribution in [1.82, 2.24) is 24.9 Å². The van der Waals surface area contributed by atoms with Gasteiger partial charge in [0, 0.05) is 22.7 Å². The second-order valence-electron chi connectivity index (χ2n) is 6.33. The summed E-state index contributed by atoms with van der Waals surface area (Å²) in [5, 5.41) is 14.1. The number of thioether (sulfide) groups is 1. The van der Waals surface area contributed by atoms with Crippen molar-refractivity contribution in [3.05, 3.63) is 65.3 Å². The molecule has 0 saturated carbocycles. The number of rotatable bonds is 8. The van der Waals surface area contributed by atoms with Crippen LogP contribution in [0, 0.1) is 0 Å². The van der Waals surface area contributed by atoms with Crippen LogP contribution in [0.3, 0.4) is 0 Å². The van der Waals surface area contributed by atoms with Crippen LogP contribution in [0.4, 0.5) is 0 Å². The molecule has 0 bridgehead atoms. The third-order valence-electron chi connectivity index (χ3n) is 4.27. The van der Waals surface area contributed by atoms with E-state index in [1.54, 1.807) is 0 Å². The van der Waals surface area contributed by atoms with Gasteiger partial charge in [0.1, 0.15) is 5.75 Å². The number of aromatic nitrogens is 5. The van der Waals surface area contributed by atoms with Crippen LogP contribution in [0.1, 0.15) is 25.6 Å². The van der Waals surface area contributed by atoms with E-state index in [0.717, 1.165) is 23.4 Å². The van der Waals surface area contributed by atoms with Crippen LogP contribution < -0.4 is 4.74 Å². The number of halogens is 1. The first-order valence-corrected chi connectivity index (χ1v) is 10.9. The smallest absolute Gasteiger partial charge is 0.237 e. The zero-order valence-corrected chi connectivity index (χ0v) is 18.2. The Bertz CT molecular complexity index is 1130. The number of benzene rings is 2. The maximum absolute atomic E-state index is 6.21. The summed E-state index contributed by atoms with van der Waals surface area (Å²) >= 11 is 7.69. The van der Waals surface area contributed by atoms with Crippen molar-refractivity contribution in [2.75, 3.05) is 6.61 Å². The third-order valence-corrected chi connectivity index (χ3v) is 5.42. The van der Waals surface area contributed by atoms with Gasteiger partial charge in [-0.05, 0) is 43.3 Å². The van der Waals surface area contributed by atoms with Crippen molar-refractivity contribution in [3.8, 4) is 22.8 Å². The molecule has 30 heavy (non-hydrogen) atoms. The van der Waals surface area contributed by atoms with Crippen molar-refractivity contribution in [1.29, 1.82) is 0 Å². The highest BCUT2D eigenvalue weighted by Crippen LogP contribution is 2.31. The van der Waals surface area contributed by atoms with Crippen LogP contribution in [0.25, 0.3) is 17.1 Å². The normalized spacial score (nSPS) is 11.0. The molecule has 0 amide bonds. The Morgan fingerprint density at radius 1 is 1.10 bits per heavy atom. The number of hydrogen-bond donors (Lipinski definition) is 0. The highest BCUT2D eigenvalue weighted by Gasteiger charge is 2.18. The summed E-state index contributed by atoms with van der Waals surface area (Å²) in [5.41, 5.74) is 1.79. The summed E-state index contributed by atoms with van der Waals surface area (Å²) in [6, 6.07) is 15.4. The minimum absolute atomic E-state index is 0.498. The maximum Gasteiger partial charge on any atom is 0.237 e. The zero-order chi connectivity index (χ0) is 20.9. The SMILES string of the molecule is CCOc1ccc(-n2c(SCc3nc(CC)no3)nnc2-c2cccc(Cl)c2)cc1. The molecule has 0 fully saturated rings. The van der Waals surface area contributed by atoms with Gasteiger partial charge in [-0.3, -0.25) is 4.57 Å². The van der Waals surface area contributed by atoms with Crippen LogP contribution in [0.2, 0.25) is 5.02 Å². The van der Waals surface area contributed by atoms with E-state index < -0.39 is 0 Å². The predicted molar refractivity (Wildman–Crippen MR) is 116 cm³/mol. The summed E-state index contributed by atoms with van der Waals surface area (Å²) in [5.74, 6) is 3.26. The first-order valence-electron chi connectivity index (χ1n) is 9.56. The molecule has 0 aliphatic heterocycles. The average Bonchev–Trinajstić information content (AvgIpc) is 3.40. The molecule has 4 rings (SSSR count). The molecule has 0 saturated heterocycles. The van der Waals surface area contributed by atoms with E-state index in [1.807, 2.05) is 66.9 Å². The predicted octanol–water partition coefficient (Wildman–Crippen LogP) is 5.22. The molecular weight excluding hydrogens is 422 g/mol. The van der Waals surface area contributed by atoms with Gasteiger partial charge in [-0.2, -0.15) is 4.98 Å². The van der Waals surface area contributed by atoms with Crippen LogP contribution in [0.5, 0.6) is 5.75 Å². The summed E-state index contributed by atoms with van der Waals surface area (Å²) in [6.45, 7) is 4.56. The van der Waals surface area contributed by atoms with Gasteiger partial charge in [-0.1, -0.05) is 47.6 Å². The van der Waals surface area contributed by atoms with E-state index in [-0.39, 0.29) is 0 Å². The molecule has 2 heterocycles. The van der Waals surface area contributed by atoms with Crippen molar-refractivity contribution in [3.63, 3.8) is 0 Å². The van der Waals surface area contributed by atoms with Crippen LogP contribution in [-0.2, 0) is 12.2 Å². The van der Waals surface area contributed by atoms with Crippen molar-refractivity contribution in [2.24, 2.45) is 0 Å². The van der Waals surface area contributed by atoms with E-state index >= 15 is 0 Å². The first kappa shape index (κ1) is 20.4. The molecule has 0 atom stereocenters. The molecule has 0 spiro atoms. The lowest BCUT2D eigenvalue weighted by molar-refractivity contribution is 0.340. The first-order chi connectivity index (χ1) is 14.7. The highest BCUT2D eigenvalue weighted by atomic mass is 35.5. The molecule has 7 nitrogen and oxygen atoms in total. The summed E-state index contributed by atoms with van der Waals surface area (Å²) < 4.78 is 12.9. The van der Waals surface area contributed by atoms with Gasteiger partial charge in [0.05, 0.1) is 12.4 Å². The van der Waals surface area contributed by atoms with E-state index in [0.29, 0.717) is 40.1 Å². The average molecular weight is 442 g/mol. The molecule has 0 unspecified atom stereocenters. The molecule has 0 aliphatic rings. The number of hydrogen-bond acceptors (Lipinski definition) is 7. The van der Waals surface area contributed by atoms with E-state index in [9.17, 15) is 0 Å². The molecule has 9 heteroatoms. The highest BCUT2D eigenvalue weighted by molar-refractivity contribution is 7.98. The van der Waals surface area contributed by atoms with Gasteiger partial charge in [-0.15, -0.1) is 10.2 Å². The lowest BCUT2D eigenvalue weighted by Gasteiger charge is -2.11. The number of aryl methyl sites for hydroxylation is 1. The van der Waals surface area contributed by atoms with Gasteiger partial charge >= 0.3 is 0 Å². The Kier molecular flexibility index (Phi) is 6.35. The fraction of sp³-hybridized carbons (Fsp3) is 0.238. The standard InChI is InChI=1S/C21H20ClN5O2S/c1-3-18-23-19(29-26-18)13-30-21-25-24-20(14-6-5-7-15(22)12-14)27(21)16-8-10-17(11-9-16)28-4-2/h5-12H,3-4,13H2,1-2H3. The Morgan fingerprint density at radius 2 is 1.93 bits per heavy atom. The fourth-order valence-electron chi connectivity index (χ4n) is 2.89. The monoisotopic (exact) mass is 441 g/mol. The van der Waals surface area contributed by atoms with E-state index in [4.69, 9.17) is 20.9 Å². The van der Waals surface area contributed by atoms with Gasteiger partial charge in [0.25, 0.3) is 0 Å². The number of nitrogens with zero attached hydrogens (tertiary/aromatic N) is 5. The maximum atomic E-state index is 6.21. The second-order valence-corrected chi connectivity index (χ2v) is 7.70. The summed E-state index contributed by atoms with van der Waals surface area (Å²) in [4.78, 5) is 4.36. The molecule has 4 aromatic rings. The van der Waals surface area contributed by atoms with Crippen molar-refractivity contribution < 1.29 is 9.26 Å². The van der Waals surface area contributed by atoms with Gasteiger partial charge in [-0.25, -0.2) is 0 Å². The molecular formula is C21H20ClN5O2S. The second kappa shape index (κ2) is 9.32. The van der Waals surface area contributed by atoms with Crippen molar-refractivity contribution in [2.45, 2.75) is 31.2 Å². The number of ether oxygens (including phenoxy) is 1. The summed E-state index contributed by atoms with van der Waals surface area (Å²) in [6.07, 6.45) is 0.732.